The van der Waals surface area contributed by atoms with Crippen LogP contribution < -0.4 is 4.74 Å². The Labute approximate surface area is 133 Å². The Morgan fingerprint density at radius 3 is 2.82 bits per heavy atom. The third-order valence-corrected chi connectivity index (χ3v) is 4.20. The number of ether oxygens (including phenoxy) is 1. The van der Waals surface area contributed by atoms with E-state index in [0.29, 0.717) is 11.5 Å². The predicted octanol–water partition coefficient (Wildman–Crippen LogP) is 5.47. The summed E-state index contributed by atoms with van der Waals surface area (Å²) in [5.74, 6) is 1.49. The standard InChI is InChI=1S/C19H26FNO/c1-4-17(20)14(2)13-15(3)18(11-10-16-8-9-16)22-19-7-5-6-12-21-19/h4-7,12-13,15-16,18H,8-11H2,1-3H3/b14-13-,17-4+. The van der Waals surface area contributed by atoms with Crippen LogP contribution >= 0.6 is 0 Å². The van der Waals surface area contributed by atoms with Gasteiger partial charge >= 0.3 is 0 Å². The summed E-state index contributed by atoms with van der Waals surface area (Å²) in [4.78, 5) is 4.25. The maximum Gasteiger partial charge on any atom is 0.213 e. The monoisotopic (exact) mass is 303 g/mol. The molecule has 0 bridgehead atoms. The number of allylic oxidation sites excluding steroid dienone is 3. The number of hydrogen-bond donors (Lipinski definition) is 0. The van der Waals surface area contributed by atoms with Gasteiger partial charge in [0.15, 0.2) is 0 Å². The van der Waals surface area contributed by atoms with Crippen molar-refractivity contribution in [3.8, 4) is 5.88 Å². The van der Waals surface area contributed by atoms with Crippen LogP contribution in [-0.2, 0) is 0 Å². The Balaban J connectivity index is 2.04. The van der Waals surface area contributed by atoms with Crippen molar-refractivity contribution in [1.82, 2.24) is 4.98 Å². The van der Waals surface area contributed by atoms with Crippen LogP contribution in [0.25, 0.3) is 0 Å². The molecule has 1 aliphatic carbocycles. The Morgan fingerprint density at radius 1 is 1.45 bits per heavy atom. The van der Waals surface area contributed by atoms with E-state index < -0.39 is 0 Å². The molecule has 120 valence electrons. The quantitative estimate of drug-likeness (QED) is 0.594. The second-order valence-corrected chi connectivity index (χ2v) is 6.19. The zero-order valence-corrected chi connectivity index (χ0v) is 13.8. The van der Waals surface area contributed by atoms with Crippen LogP contribution in [-0.4, -0.2) is 11.1 Å². The Hall–Kier alpha value is -1.64. The molecule has 2 atom stereocenters. The lowest BCUT2D eigenvalue weighted by Crippen LogP contribution is -2.25. The van der Waals surface area contributed by atoms with Gasteiger partial charge in [0.05, 0.1) is 0 Å². The van der Waals surface area contributed by atoms with E-state index in [1.165, 1.54) is 25.3 Å². The number of nitrogens with zero attached hydrogens (tertiary/aromatic N) is 1. The Morgan fingerprint density at radius 2 is 2.23 bits per heavy atom. The van der Waals surface area contributed by atoms with E-state index in [-0.39, 0.29) is 17.8 Å². The molecule has 22 heavy (non-hydrogen) atoms. The molecule has 1 heterocycles. The molecule has 2 nitrogen and oxygen atoms in total. The van der Waals surface area contributed by atoms with Crippen LogP contribution in [0.15, 0.2) is 47.9 Å². The topological polar surface area (TPSA) is 22.1 Å². The maximum absolute atomic E-state index is 13.6. The number of pyridine rings is 1. The first kappa shape index (κ1) is 16.7. The zero-order chi connectivity index (χ0) is 15.9. The molecule has 1 aromatic rings. The molecule has 0 aromatic carbocycles. The lowest BCUT2D eigenvalue weighted by atomic mass is 9.96. The van der Waals surface area contributed by atoms with Crippen molar-refractivity contribution in [3.63, 3.8) is 0 Å². The summed E-state index contributed by atoms with van der Waals surface area (Å²) in [6.45, 7) is 5.61. The van der Waals surface area contributed by atoms with Crippen LogP contribution in [0.2, 0.25) is 0 Å². The molecule has 1 aliphatic rings. The molecule has 0 saturated heterocycles. The highest BCUT2D eigenvalue weighted by Crippen LogP contribution is 2.35. The number of halogens is 1. The second kappa shape index (κ2) is 8.11. The van der Waals surface area contributed by atoms with Gasteiger partial charge < -0.3 is 4.74 Å². The van der Waals surface area contributed by atoms with Gasteiger partial charge in [0.2, 0.25) is 5.88 Å². The zero-order valence-electron chi connectivity index (χ0n) is 13.8. The van der Waals surface area contributed by atoms with E-state index in [9.17, 15) is 4.39 Å². The lowest BCUT2D eigenvalue weighted by Gasteiger charge is -2.23. The smallest absolute Gasteiger partial charge is 0.213 e. The summed E-state index contributed by atoms with van der Waals surface area (Å²) in [5.41, 5.74) is 0.677. The minimum Gasteiger partial charge on any atom is -0.474 e. The number of rotatable bonds is 8. The van der Waals surface area contributed by atoms with E-state index in [0.717, 1.165) is 12.3 Å². The average molecular weight is 303 g/mol. The maximum atomic E-state index is 13.6. The molecule has 0 radical (unpaired) electrons. The highest BCUT2D eigenvalue weighted by Gasteiger charge is 2.25. The van der Waals surface area contributed by atoms with Gasteiger partial charge in [-0.2, -0.15) is 0 Å². The largest absolute Gasteiger partial charge is 0.474 e. The number of aromatic nitrogens is 1. The van der Waals surface area contributed by atoms with Crippen LogP contribution in [0.3, 0.4) is 0 Å². The fourth-order valence-corrected chi connectivity index (χ4v) is 2.62. The van der Waals surface area contributed by atoms with E-state index in [1.807, 2.05) is 31.2 Å². The lowest BCUT2D eigenvalue weighted by molar-refractivity contribution is 0.143. The van der Waals surface area contributed by atoms with Crippen molar-refractivity contribution in [2.45, 2.75) is 52.6 Å². The van der Waals surface area contributed by atoms with Gasteiger partial charge in [0, 0.05) is 18.2 Å². The van der Waals surface area contributed by atoms with Gasteiger partial charge in [-0.25, -0.2) is 9.37 Å². The van der Waals surface area contributed by atoms with Crippen molar-refractivity contribution >= 4 is 0 Å². The molecule has 2 unspecified atom stereocenters. The van der Waals surface area contributed by atoms with E-state index in [4.69, 9.17) is 4.74 Å². The SMILES string of the molecule is C/C=C(F)\C(C)=C/C(C)C(CCC1CC1)Oc1ccccn1. The van der Waals surface area contributed by atoms with E-state index in [2.05, 4.69) is 11.9 Å². The first-order valence-electron chi connectivity index (χ1n) is 8.18. The second-order valence-electron chi connectivity index (χ2n) is 6.19. The van der Waals surface area contributed by atoms with Gasteiger partial charge in [-0.1, -0.05) is 38.0 Å². The van der Waals surface area contributed by atoms with E-state index >= 15 is 0 Å². The summed E-state index contributed by atoms with van der Waals surface area (Å²) >= 11 is 0. The fraction of sp³-hybridized carbons (Fsp3) is 0.526. The normalized spacial score (nSPS) is 18.9. The summed E-state index contributed by atoms with van der Waals surface area (Å²) in [6, 6.07) is 5.67. The molecular weight excluding hydrogens is 277 g/mol. The van der Waals surface area contributed by atoms with Gasteiger partial charge in [0.1, 0.15) is 11.9 Å². The van der Waals surface area contributed by atoms with Crippen LogP contribution in [0.1, 0.15) is 46.5 Å². The molecule has 1 saturated carbocycles. The van der Waals surface area contributed by atoms with Gasteiger partial charge in [0.25, 0.3) is 0 Å². The van der Waals surface area contributed by atoms with Gasteiger partial charge in [-0.15, -0.1) is 0 Å². The average Bonchev–Trinajstić information content (AvgIpc) is 3.35. The van der Waals surface area contributed by atoms with Crippen LogP contribution in [0.5, 0.6) is 5.88 Å². The first-order chi connectivity index (χ1) is 10.6. The molecule has 0 spiro atoms. The Bertz CT molecular complexity index is 519. The molecular formula is C19H26FNO. The molecule has 3 heteroatoms. The summed E-state index contributed by atoms with van der Waals surface area (Å²) in [6.07, 6.45) is 10.1. The summed E-state index contributed by atoms with van der Waals surface area (Å²) in [7, 11) is 0. The highest BCUT2D eigenvalue weighted by molar-refractivity contribution is 5.23. The van der Waals surface area contributed by atoms with Crippen molar-refractivity contribution in [1.29, 1.82) is 0 Å². The van der Waals surface area contributed by atoms with Crippen LogP contribution in [0, 0.1) is 11.8 Å². The van der Waals surface area contributed by atoms with Crippen molar-refractivity contribution in [2.24, 2.45) is 11.8 Å². The van der Waals surface area contributed by atoms with Crippen molar-refractivity contribution in [3.05, 3.63) is 47.9 Å². The molecule has 1 aromatic heterocycles. The fourth-order valence-electron chi connectivity index (χ4n) is 2.62. The third kappa shape index (κ3) is 5.28. The number of hydrogen-bond acceptors (Lipinski definition) is 2. The van der Waals surface area contributed by atoms with Crippen molar-refractivity contribution < 1.29 is 9.13 Å². The molecule has 0 aliphatic heterocycles. The molecule has 2 rings (SSSR count). The summed E-state index contributed by atoms with van der Waals surface area (Å²) in [5, 5.41) is 0. The van der Waals surface area contributed by atoms with Crippen LogP contribution in [0.4, 0.5) is 4.39 Å². The summed E-state index contributed by atoms with van der Waals surface area (Å²) < 4.78 is 19.7. The minimum absolute atomic E-state index is 0.0371. The Kier molecular flexibility index (Phi) is 6.17. The molecule has 0 amide bonds. The van der Waals surface area contributed by atoms with Crippen molar-refractivity contribution in [2.75, 3.05) is 0 Å². The minimum atomic E-state index is -0.161. The highest BCUT2D eigenvalue weighted by atomic mass is 19.1. The predicted molar refractivity (Wildman–Crippen MR) is 88.4 cm³/mol. The first-order valence-corrected chi connectivity index (χ1v) is 8.18. The molecule has 0 N–H and O–H groups in total. The third-order valence-electron chi connectivity index (χ3n) is 4.20. The molecule has 1 fully saturated rings. The van der Waals surface area contributed by atoms with Gasteiger partial charge in [-0.05, 0) is 44.2 Å². The van der Waals surface area contributed by atoms with Gasteiger partial charge in [-0.3, -0.25) is 0 Å². The van der Waals surface area contributed by atoms with E-state index in [1.54, 1.807) is 13.1 Å².